The van der Waals surface area contributed by atoms with E-state index in [2.05, 4.69) is 10.9 Å². The third kappa shape index (κ3) is 6.27. The predicted octanol–water partition coefficient (Wildman–Crippen LogP) is 3.73. The molecule has 0 saturated heterocycles. The molecule has 3 rings (SSSR count). The molecule has 154 valence electrons. The summed E-state index contributed by atoms with van der Waals surface area (Å²) < 4.78 is 16.4. The molecule has 3 aromatic rings. The SMILES string of the molecule is CCOc1ccc(/C=C/C(=O)NNC(=O)c2ccc(COc3ccccc3)o2)cc1. The number of hydrogen-bond acceptors (Lipinski definition) is 5. The maximum atomic E-state index is 12.1. The first-order valence-electron chi connectivity index (χ1n) is 9.42. The van der Waals surface area contributed by atoms with Gasteiger partial charge in [0.1, 0.15) is 23.9 Å². The summed E-state index contributed by atoms with van der Waals surface area (Å²) in [6, 6.07) is 19.7. The summed E-state index contributed by atoms with van der Waals surface area (Å²) in [7, 11) is 0. The van der Waals surface area contributed by atoms with E-state index in [9.17, 15) is 9.59 Å². The summed E-state index contributed by atoms with van der Waals surface area (Å²) >= 11 is 0. The van der Waals surface area contributed by atoms with Crippen LogP contribution in [0.3, 0.4) is 0 Å². The van der Waals surface area contributed by atoms with Crippen LogP contribution in [0.5, 0.6) is 11.5 Å². The van der Waals surface area contributed by atoms with Crippen LogP contribution in [0, 0.1) is 0 Å². The number of ether oxygens (including phenoxy) is 2. The van der Waals surface area contributed by atoms with Gasteiger partial charge in [0.15, 0.2) is 5.76 Å². The minimum absolute atomic E-state index is 0.0671. The first-order chi connectivity index (χ1) is 14.6. The van der Waals surface area contributed by atoms with Gasteiger partial charge in [0.2, 0.25) is 0 Å². The quantitative estimate of drug-likeness (QED) is 0.439. The van der Waals surface area contributed by atoms with Gasteiger partial charge in [0, 0.05) is 6.08 Å². The molecule has 1 heterocycles. The fourth-order valence-corrected chi connectivity index (χ4v) is 2.48. The average Bonchev–Trinajstić information content (AvgIpc) is 3.26. The number of rotatable bonds is 8. The van der Waals surface area contributed by atoms with Crippen molar-refractivity contribution in [3.63, 3.8) is 0 Å². The molecule has 0 spiro atoms. The number of benzene rings is 2. The van der Waals surface area contributed by atoms with Crippen molar-refractivity contribution in [3.05, 3.63) is 89.9 Å². The number of para-hydroxylation sites is 1. The van der Waals surface area contributed by atoms with E-state index in [0.717, 1.165) is 11.3 Å². The number of nitrogens with one attached hydrogen (secondary N) is 2. The Morgan fingerprint density at radius 2 is 1.63 bits per heavy atom. The molecule has 7 heteroatoms. The largest absolute Gasteiger partial charge is 0.494 e. The summed E-state index contributed by atoms with van der Waals surface area (Å²) in [5, 5.41) is 0. The number of carbonyl (C=O) groups excluding carboxylic acids is 2. The van der Waals surface area contributed by atoms with Crippen LogP contribution in [-0.2, 0) is 11.4 Å². The minimum atomic E-state index is -0.566. The molecule has 0 fully saturated rings. The third-order valence-corrected chi connectivity index (χ3v) is 3.93. The van der Waals surface area contributed by atoms with Crippen molar-refractivity contribution in [1.82, 2.24) is 10.9 Å². The number of carbonyl (C=O) groups is 2. The number of furan rings is 1. The van der Waals surface area contributed by atoms with Crippen LogP contribution in [0.4, 0.5) is 0 Å². The Bertz CT molecular complexity index is 994. The standard InChI is InChI=1S/C23H22N2O5/c1-2-28-19-11-8-17(9-12-19)10-15-22(26)24-25-23(27)21-14-13-20(30-21)16-29-18-6-4-3-5-7-18/h3-15H,2,16H2,1H3,(H,24,26)(H,25,27)/b15-10+. The lowest BCUT2D eigenvalue weighted by molar-refractivity contribution is -0.117. The van der Waals surface area contributed by atoms with Gasteiger partial charge in [-0.2, -0.15) is 0 Å². The van der Waals surface area contributed by atoms with Gasteiger partial charge in [-0.3, -0.25) is 20.4 Å². The van der Waals surface area contributed by atoms with Gasteiger partial charge in [-0.05, 0) is 55.0 Å². The molecular weight excluding hydrogens is 384 g/mol. The summed E-state index contributed by atoms with van der Waals surface area (Å²) in [6.45, 7) is 2.69. The van der Waals surface area contributed by atoms with Crippen molar-refractivity contribution < 1.29 is 23.5 Å². The molecule has 0 saturated carbocycles. The van der Waals surface area contributed by atoms with E-state index >= 15 is 0 Å². The molecule has 30 heavy (non-hydrogen) atoms. The second-order valence-electron chi connectivity index (χ2n) is 6.15. The second-order valence-corrected chi connectivity index (χ2v) is 6.15. The van der Waals surface area contributed by atoms with E-state index in [1.165, 1.54) is 12.1 Å². The maximum Gasteiger partial charge on any atom is 0.305 e. The highest BCUT2D eigenvalue weighted by atomic mass is 16.5. The summed E-state index contributed by atoms with van der Waals surface area (Å²) in [6.07, 6.45) is 2.94. The van der Waals surface area contributed by atoms with Gasteiger partial charge in [-0.15, -0.1) is 0 Å². The highest BCUT2D eigenvalue weighted by Gasteiger charge is 2.12. The van der Waals surface area contributed by atoms with Crippen molar-refractivity contribution in [3.8, 4) is 11.5 Å². The van der Waals surface area contributed by atoms with Crippen LogP contribution in [0.1, 0.15) is 28.8 Å². The van der Waals surface area contributed by atoms with E-state index in [-0.39, 0.29) is 12.4 Å². The lowest BCUT2D eigenvalue weighted by atomic mass is 10.2. The smallest absolute Gasteiger partial charge is 0.305 e. The average molecular weight is 406 g/mol. The van der Waals surface area contributed by atoms with Crippen LogP contribution >= 0.6 is 0 Å². The van der Waals surface area contributed by atoms with E-state index in [4.69, 9.17) is 13.9 Å². The molecule has 0 aliphatic rings. The van der Waals surface area contributed by atoms with E-state index in [1.807, 2.05) is 61.5 Å². The van der Waals surface area contributed by atoms with Gasteiger partial charge in [-0.25, -0.2) is 0 Å². The zero-order valence-electron chi connectivity index (χ0n) is 16.5. The van der Waals surface area contributed by atoms with Gasteiger partial charge in [0.25, 0.3) is 5.91 Å². The molecule has 2 N–H and O–H groups in total. The molecule has 0 atom stereocenters. The van der Waals surface area contributed by atoms with E-state index in [1.54, 1.807) is 12.1 Å². The van der Waals surface area contributed by atoms with Crippen LogP contribution < -0.4 is 20.3 Å². The summed E-state index contributed by atoms with van der Waals surface area (Å²) in [5.41, 5.74) is 5.44. The van der Waals surface area contributed by atoms with Crippen molar-refractivity contribution in [2.75, 3.05) is 6.61 Å². The fraction of sp³-hybridized carbons (Fsp3) is 0.130. The number of amides is 2. The number of hydrazine groups is 1. The Kier molecular flexibility index (Phi) is 7.27. The van der Waals surface area contributed by atoms with Gasteiger partial charge >= 0.3 is 5.91 Å². The van der Waals surface area contributed by atoms with Crippen molar-refractivity contribution in [2.24, 2.45) is 0 Å². The second kappa shape index (κ2) is 10.5. The van der Waals surface area contributed by atoms with E-state index in [0.29, 0.717) is 18.1 Å². The lowest BCUT2D eigenvalue weighted by Crippen LogP contribution is -2.40. The molecule has 0 aliphatic heterocycles. The Hall–Kier alpha value is -4.00. The van der Waals surface area contributed by atoms with Gasteiger partial charge in [-0.1, -0.05) is 30.3 Å². The maximum absolute atomic E-state index is 12.1. The van der Waals surface area contributed by atoms with Crippen LogP contribution in [0.25, 0.3) is 6.08 Å². The Balaban J connectivity index is 1.44. The molecule has 2 amide bonds. The Morgan fingerprint density at radius 1 is 0.900 bits per heavy atom. The monoisotopic (exact) mass is 406 g/mol. The lowest BCUT2D eigenvalue weighted by Gasteiger charge is -2.04. The Labute approximate surface area is 174 Å². The van der Waals surface area contributed by atoms with Crippen LogP contribution in [-0.4, -0.2) is 18.4 Å². The van der Waals surface area contributed by atoms with Gasteiger partial charge in [0.05, 0.1) is 6.61 Å². The van der Waals surface area contributed by atoms with Crippen LogP contribution in [0.15, 0.2) is 77.2 Å². The van der Waals surface area contributed by atoms with E-state index < -0.39 is 11.8 Å². The topological polar surface area (TPSA) is 89.8 Å². The highest BCUT2D eigenvalue weighted by molar-refractivity contribution is 5.96. The molecule has 0 bridgehead atoms. The fourth-order valence-electron chi connectivity index (χ4n) is 2.48. The van der Waals surface area contributed by atoms with Crippen LogP contribution in [0.2, 0.25) is 0 Å². The third-order valence-electron chi connectivity index (χ3n) is 3.93. The normalized spacial score (nSPS) is 10.6. The molecule has 0 radical (unpaired) electrons. The molecule has 0 aliphatic carbocycles. The zero-order valence-corrected chi connectivity index (χ0v) is 16.5. The molecule has 7 nitrogen and oxygen atoms in total. The summed E-state index contributed by atoms with van der Waals surface area (Å²) in [4.78, 5) is 24.0. The van der Waals surface area contributed by atoms with Crippen molar-refractivity contribution in [2.45, 2.75) is 13.5 Å². The molecule has 1 aromatic heterocycles. The highest BCUT2D eigenvalue weighted by Crippen LogP contribution is 2.14. The zero-order chi connectivity index (χ0) is 21.2. The molecule has 0 unspecified atom stereocenters. The predicted molar refractivity (Wildman–Crippen MR) is 112 cm³/mol. The van der Waals surface area contributed by atoms with Gasteiger partial charge < -0.3 is 13.9 Å². The molecular formula is C23H22N2O5. The number of hydrogen-bond donors (Lipinski definition) is 2. The van der Waals surface area contributed by atoms with Crippen molar-refractivity contribution in [1.29, 1.82) is 0 Å². The first kappa shape index (κ1) is 20.7. The molecule has 2 aromatic carbocycles. The Morgan fingerprint density at radius 3 is 2.37 bits per heavy atom. The first-order valence-corrected chi connectivity index (χ1v) is 9.42. The van der Waals surface area contributed by atoms with Crippen molar-refractivity contribution >= 4 is 17.9 Å². The minimum Gasteiger partial charge on any atom is -0.494 e. The summed E-state index contributed by atoms with van der Waals surface area (Å²) in [5.74, 6) is 0.980.